The number of carboxylic acid groups (broad SMARTS) is 1. The van der Waals surface area contributed by atoms with E-state index in [1.807, 2.05) is 0 Å². The van der Waals surface area contributed by atoms with E-state index >= 15 is 0 Å². The maximum Gasteiger partial charge on any atom is 0.427 e. The van der Waals surface area contributed by atoms with E-state index in [0.29, 0.717) is 29.3 Å². The molecule has 182 valence electrons. The van der Waals surface area contributed by atoms with Crippen molar-refractivity contribution in [3.8, 4) is 17.1 Å². The van der Waals surface area contributed by atoms with Crippen molar-refractivity contribution in [3.05, 3.63) is 54.0 Å². The van der Waals surface area contributed by atoms with E-state index < -0.39 is 23.6 Å². The van der Waals surface area contributed by atoms with Crippen molar-refractivity contribution in [2.24, 2.45) is 0 Å². The number of nitrogens with zero attached hydrogens (tertiary/aromatic N) is 6. The summed E-state index contributed by atoms with van der Waals surface area (Å²) >= 11 is 0. The third kappa shape index (κ3) is 4.19. The van der Waals surface area contributed by atoms with Crippen LogP contribution in [0.25, 0.3) is 22.3 Å². The number of nitrogens with two attached hydrogens (primary N) is 1. The van der Waals surface area contributed by atoms with Crippen molar-refractivity contribution in [1.29, 1.82) is 0 Å². The Bertz CT molecular complexity index is 1440. The van der Waals surface area contributed by atoms with Gasteiger partial charge in [-0.05, 0) is 19.1 Å². The second kappa shape index (κ2) is 8.47. The molecule has 35 heavy (non-hydrogen) atoms. The lowest BCUT2D eigenvalue weighted by molar-refractivity contribution is -0.654. The number of fused-ring (bicyclic) bond motifs is 1. The fourth-order valence-electron chi connectivity index (χ4n) is 3.57. The fraction of sp³-hybridized carbons (Fsp3) is 0.238. The third-order valence-corrected chi connectivity index (χ3v) is 5.34. The number of methoxy groups -OCH3 is 1. The molecule has 0 aliphatic rings. The first kappa shape index (κ1) is 23.8. The molecule has 0 fully saturated rings. The first-order valence-electron chi connectivity index (χ1n) is 9.99. The minimum absolute atomic E-state index is 0.0524. The molecule has 0 radical (unpaired) electrons. The number of ether oxygens (including phenoxy) is 1. The summed E-state index contributed by atoms with van der Waals surface area (Å²) in [7, 11) is 1.47. The molecule has 3 aromatic heterocycles. The molecule has 4 aromatic rings. The van der Waals surface area contributed by atoms with Crippen LogP contribution in [-0.2, 0) is 12.1 Å². The summed E-state index contributed by atoms with van der Waals surface area (Å²) in [6.07, 6.45) is -5.69. The maximum atomic E-state index is 13.4. The van der Waals surface area contributed by atoms with Crippen LogP contribution < -0.4 is 20.1 Å². The molecular weight excluding hydrogens is 471 g/mol. The summed E-state index contributed by atoms with van der Waals surface area (Å²) in [5.41, 5.74) is 2.30. The van der Waals surface area contributed by atoms with Crippen LogP contribution in [-0.4, -0.2) is 49.4 Å². The van der Waals surface area contributed by atoms with E-state index in [9.17, 15) is 28.2 Å². The smallest absolute Gasteiger partial charge is 0.427 e. The molecule has 0 aliphatic heterocycles. The van der Waals surface area contributed by atoms with E-state index in [0.717, 1.165) is 6.07 Å². The number of aliphatic hydroxyl groups is 1. The standard InChI is InChI=1S/C21H18F3N7O4/c1-20(34,21(22,23)24)15-8-3-5-11(31(15)19(32)33)9-30-10-13(28-29-30)16-12-6-4-7-14(35-2)17(12)27-18(25)26-16/h3-8,10,34H,9H2,1-2H3,(H2-,25,26,27,32,33)/t20-/m0/s1. The van der Waals surface area contributed by atoms with E-state index in [4.69, 9.17) is 10.5 Å². The van der Waals surface area contributed by atoms with Gasteiger partial charge in [0.25, 0.3) is 0 Å². The molecule has 14 heteroatoms. The minimum Gasteiger partial charge on any atom is -0.494 e. The Hall–Kier alpha value is -4.33. The Kier molecular flexibility index (Phi) is 5.76. The van der Waals surface area contributed by atoms with Gasteiger partial charge in [0.05, 0.1) is 13.3 Å². The highest BCUT2D eigenvalue weighted by atomic mass is 19.4. The van der Waals surface area contributed by atoms with E-state index in [1.165, 1.54) is 30.1 Å². The number of halogens is 3. The Morgan fingerprint density at radius 1 is 1.23 bits per heavy atom. The number of carbonyl (C=O) groups is 1. The van der Waals surface area contributed by atoms with Gasteiger partial charge in [-0.25, -0.2) is 14.6 Å². The number of rotatable bonds is 5. The first-order valence-corrected chi connectivity index (χ1v) is 9.99. The molecular formula is C21H18F3N7O4. The number of hydrogen-bond acceptors (Lipinski definition) is 9. The molecule has 0 amide bonds. The maximum absolute atomic E-state index is 13.4. The SMILES string of the molecule is COc1cccc2c(-c3cn(Cc4cccc([C@](C)(O)C(F)(F)F)[n+]4C(=O)[O-])nn3)nc(N)nc12. The summed E-state index contributed by atoms with van der Waals surface area (Å²) < 4.78 is 46.9. The highest BCUT2D eigenvalue weighted by molar-refractivity contribution is 5.95. The Morgan fingerprint density at radius 3 is 2.60 bits per heavy atom. The number of pyridine rings is 1. The third-order valence-electron chi connectivity index (χ3n) is 5.34. The Balaban J connectivity index is 1.77. The predicted octanol–water partition coefficient (Wildman–Crippen LogP) is 0.776. The van der Waals surface area contributed by atoms with Crippen LogP contribution >= 0.6 is 0 Å². The zero-order valence-electron chi connectivity index (χ0n) is 18.3. The van der Waals surface area contributed by atoms with Crippen LogP contribution in [0, 0.1) is 0 Å². The van der Waals surface area contributed by atoms with Crippen molar-refractivity contribution in [3.63, 3.8) is 0 Å². The van der Waals surface area contributed by atoms with Crippen molar-refractivity contribution in [1.82, 2.24) is 25.0 Å². The molecule has 0 bridgehead atoms. The van der Waals surface area contributed by atoms with Gasteiger partial charge in [-0.2, -0.15) is 13.2 Å². The van der Waals surface area contributed by atoms with Gasteiger partial charge in [-0.15, -0.1) is 9.67 Å². The van der Waals surface area contributed by atoms with Gasteiger partial charge in [0.2, 0.25) is 22.9 Å². The van der Waals surface area contributed by atoms with E-state index in [1.54, 1.807) is 18.2 Å². The molecule has 0 aliphatic carbocycles. The molecule has 3 N–H and O–H groups in total. The minimum atomic E-state index is -5.14. The largest absolute Gasteiger partial charge is 0.494 e. The van der Waals surface area contributed by atoms with E-state index in [2.05, 4.69) is 20.3 Å². The predicted molar refractivity (Wildman–Crippen MR) is 112 cm³/mol. The number of aromatic nitrogens is 6. The average Bonchev–Trinajstić information content (AvgIpc) is 3.25. The summed E-state index contributed by atoms with van der Waals surface area (Å²) in [5.74, 6) is 0.400. The molecule has 11 nitrogen and oxygen atoms in total. The molecule has 1 atom stereocenters. The molecule has 0 saturated carbocycles. The number of anilines is 1. The molecule has 0 saturated heterocycles. The molecule has 0 unspecified atom stereocenters. The lowest BCUT2D eigenvalue weighted by atomic mass is 10.00. The van der Waals surface area contributed by atoms with Gasteiger partial charge in [-0.1, -0.05) is 17.3 Å². The van der Waals surface area contributed by atoms with Gasteiger partial charge < -0.3 is 25.5 Å². The highest BCUT2D eigenvalue weighted by Crippen LogP contribution is 2.37. The van der Waals surface area contributed by atoms with Crippen LogP contribution in [0.15, 0.2) is 42.6 Å². The summed E-state index contributed by atoms with van der Waals surface area (Å²) in [6.45, 7) is 0.141. The summed E-state index contributed by atoms with van der Waals surface area (Å²) in [5, 5.41) is 30.3. The van der Waals surface area contributed by atoms with Gasteiger partial charge in [0.1, 0.15) is 29.2 Å². The number of nitrogen functional groups attached to an aromatic ring is 1. The van der Waals surface area contributed by atoms with Gasteiger partial charge in [0.15, 0.2) is 0 Å². The van der Waals surface area contributed by atoms with Crippen LogP contribution in [0.2, 0.25) is 0 Å². The second-order valence-electron chi connectivity index (χ2n) is 7.66. The monoisotopic (exact) mass is 489 g/mol. The highest BCUT2D eigenvalue weighted by Gasteiger charge is 2.57. The molecule has 4 rings (SSSR count). The molecule has 3 heterocycles. The van der Waals surface area contributed by atoms with Crippen molar-refractivity contribution < 1.29 is 37.5 Å². The van der Waals surface area contributed by atoms with Gasteiger partial charge >= 0.3 is 12.3 Å². The van der Waals surface area contributed by atoms with Crippen molar-refractivity contribution in [2.75, 3.05) is 12.8 Å². The number of alkyl halides is 3. The number of hydrogen-bond donors (Lipinski definition) is 2. The van der Waals surface area contributed by atoms with Gasteiger partial charge in [0, 0.05) is 17.5 Å². The Morgan fingerprint density at radius 2 is 1.94 bits per heavy atom. The lowest BCUT2D eigenvalue weighted by Gasteiger charge is -2.24. The van der Waals surface area contributed by atoms with Crippen molar-refractivity contribution in [2.45, 2.75) is 25.2 Å². The number of benzene rings is 1. The fourth-order valence-corrected chi connectivity index (χ4v) is 3.57. The number of para-hydroxylation sites is 1. The zero-order valence-corrected chi connectivity index (χ0v) is 18.3. The topological polar surface area (TPSA) is 156 Å². The van der Waals surface area contributed by atoms with Crippen LogP contribution in [0.1, 0.15) is 18.3 Å². The van der Waals surface area contributed by atoms with E-state index in [-0.39, 0.29) is 28.4 Å². The first-order chi connectivity index (χ1) is 16.4. The normalized spacial score (nSPS) is 13.5. The molecule has 1 aromatic carbocycles. The lowest BCUT2D eigenvalue weighted by Crippen LogP contribution is -2.62. The van der Waals surface area contributed by atoms with Crippen LogP contribution in [0.3, 0.4) is 0 Å². The van der Waals surface area contributed by atoms with Gasteiger partial charge in [-0.3, -0.25) is 0 Å². The summed E-state index contributed by atoms with van der Waals surface area (Å²) in [6, 6.07) is 8.43. The Labute approximate surface area is 195 Å². The number of carbonyl (C=O) groups excluding carboxylic acids is 1. The summed E-state index contributed by atoms with van der Waals surface area (Å²) in [4.78, 5) is 20.2. The van der Waals surface area contributed by atoms with Crippen molar-refractivity contribution >= 4 is 22.9 Å². The second-order valence-corrected chi connectivity index (χ2v) is 7.66. The average molecular weight is 489 g/mol. The zero-order chi connectivity index (χ0) is 25.5. The van der Waals surface area contributed by atoms with Crippen LogP contribution in [0.4, 0.5) is 23.9 Å². The molecule has 0 spiro atoms. The van der Waals surface area contributed by atoms with Crippen LogP contribution in [0.5, 0.6) is 5.75 Å². The quantitative estimate of drug-likeness (QED) is 0.387.